The van der Waals surface area contributed by atoms with E-state index in [-0.39, 0.29) is 17.5 Å². The number of allylic oxidation sites excluding steroid dienone is 4. The Hall–Kier alpha value is -1.87. The van der Waals surface area contributed by atoms with E-state index >= 15 is 0 Å². The summed E-state index contributed by atoms with van der Waals surface area (Å²) in [5.41, 5.74) is 4.22. The molecular weight excluding hydrogens is 502 g/mol. The highest BCUT2D eigenvalue weighted by Crippen LogP contribution is 2.52. The highest BCUT2D eigenvalue weighted by molar-refractivity contribution is 5.93. The molecule has 1 saturated heterocycles. The summed E-state index contributed by atoms with van der Waals surface area (Å²) in [5, 5.41) is 0. The van der Waals surface area contributed by atoms with Crippen LogP contribution in [-0.4, -0.2) is 29.9 Å². The predicted octanol–water partition coefficient (Wildman–Crippen LogP) is 10.2. The third-order valence-electron chi connectivity index (χ3n) is 11.1. The molecule has 0 bridgehead atoms. The molecule has 3 fully saturated rings. The van der Waals surface area contributed by atoms with Gasteiger partial charge in [-0.1, -0.05) is 94.7 Å². The number of hydrogen-bond acceptors (Lipinski definition) is 3. The van der Waals surface area contributed by atoms with E-state index in [2.05, 4.69) is 55.2 Å². The Bertz CT molecular complexity index is 1040. The number of ether oxygens (including phenoxy) is 1. The summed E-state index contributed by atoms with van der Waals surface area (Å²) in [6.07, 6.45) is 26.1. The maximum Gasteiger partial charge on any atom is 0.158 e. The number of carbonyl (C=O) groups excluding carboxylic acids is 1. The number of unbranched alkanes of at least 4 members (excludes halogenated alkanes) is 1. The summed E-state index contributed by atoms with van der Waals surface area (Å²) in [7, 11) is 1.77. The largest absolute Gasteiger partial charge is 0.501 e. The van der Waals surface area contributed by atoms with Crippen LogP contribution in [0.3, 0.4) is 0 Å². The molecule has 1 spiro atoms. The van der Waals surface area contributed by atoms with Gasteiger partial charge in [-0.25, -0.2) is 0 Å². The monoisotopic (exact) mass is 559 g/mol. The van der Waals surface area contributed by atoms with E-state index in [4.69, 9.17) is 4.74 Å². The van der Waals surface area contributed by atoms with Gasteiger partial charge >= 0.3 is 0 Å². The number of benzene rings is 1. The first-order chi connectivity index (χ1) is 20.1. The minimum atomic E-state index is -0.211. The molecule has 3 unspecified atom stereocenters. The Morgan fingerprint density at radius 1 is 0.951 bits per heavy atom. The topological polar surface area (TPSA) is 29.5 Å². The number of rotatable bonds is 15. The SMILES string of the molecule is CCCC(CC)c1ccc(C2C(CCCCC3=CC=C(OC)CC3)C(=O)C3(CCCCC3)N2CCCC2CC2)cc1. The summed E-state index contributed by atoms with van der Waals surface area (Å²) < 4.78 is 5.42. The predicted molar refractivity (Wildman–Crippen MR) is 171 cm³/mol. The van der Waals surface area contributed by atoms with Gasteiger partial charge in [0.1, 0.15) is 0 Å². The van der Waals surface area contributed by atoms with Crippen LogP contribution in [0.1, 0.15) is 153 Å². The van der Waals surface area contributed by atoms with E-state index in [1.54, 1.807) is 12.7 Å². The minimum Gasteiger partial charge on any atom is -0.501 e. The number of ketones is 1. The average molecular weight is 560 g/mol. The highest BCUT2D eigenvalue weighted by atomic mass is 16.5. The van der Waals surface area contributed by atoms with Crippen LogP contribution in [-0.2, 0) is 9.53 Å². The van der Waals surface area contributed by atoms with E-state index in [0.717, 1.165) is 63.2 Å². The van der Waals surface area contributed by atoms with Crippen molar-refractivity contribution < 1.29 is 9.53 Å². The lowest BCUT2D eigenvalue weighted by Crippen LogP contribution is -2.50. The fourth-order valence-electron chi connectivity index (χ4n) is 8.47. The van der Waals surface area contributed by atoms with Gasteiger partial charge in [-0.3, -0.25) is 9.69 Å². The van der Waals surface area contributed by atoms with Gasteiger partial charge in [0.25, 0.3) is 0 Å². The van der Waals surface area contributed by atoms with Crippen molar-refractivity contribution >= 4 is 5.78 Å². The molecule has 0 N–H and O–H groups in total. The minimum absolute atomic E-state index is 0.137. The number of likely N-dealkylation sites (tertiary alicyclic amines) is 1. The third kappa shape index (κ3) is 7.20. The number of Topliss-reactive ketones (excluding diaryl/α,β-unsaturated/α-hetero) is 1. The smallest absolute Gasteiger partial charge is 0.158 e. The van der Waals surface area contributed by atoms with Crippen molar-refractivity contribution in [2.45, 2.75) is 147 Å². The van der Waals surface area contributed by atoms with Crippen molar-refractivity contribution in [2.24, 2.45) is 11.8 Å². The van der Waals surface area contributed by atoms with Gasteiger partial charge in [-0.15, -0.1) is 0 Å². The lowest BCUT2D eigenvalue weighted by atomic mass is 9.76. The zero-order valence-electron chi connectivity index (χ0n) is 26.5. The Labute approximate surface area is 251 Å². The zero-order valence-corrected chi connectivity index (χ0v) is 26.5. The van der Waals surface area contributed by atoms with E-state index in [9.17, 15) is 4.79 Å². The quantitative estimate of drug-likeness (QED) is 0.200. The van der Waals surface area contributed by atoms with Gasteiger partial charge in [-0.2, -0.15) is 0 Å². The first kappa shape index (κ1) is 30.6. The Morgan fingerprint density at radius 2 is 1.73 bits per heavy atom. The Morgan fingerprint density at radius 3 is 2.37 bits per heavy atom. The normalized spacial score (nSPS) is 25.3. The second-order valence-electron chi connectivity index (χ2n) is 13.8. The van der Waals surface area contributed by atoms with Crippen molar-refractivity contribution in [3.05, 3.63) is 58.9 Å². The van der Waals surface area contributed by atoms with E-state index < -0.39 is 0 Å². The van der Waals surface area contributed by atoms with Crippen LogP contribution in [0.2, 0.25) is 0 Å². The van der Waals surface area contributed by atoms with Crippen LogP contribution >= 0.6 is 0 Å². The summed E-state index contributed by atoms with van der Waals surface area (Å²) >= 11 is 0. The first-order valence-electron chi connectivity index (χ1n) is 17.4. The molecule has 5 rings (SSSR count). The summed E-state index contributed by atoms with van der Waals surface area (Å²) in [6, 6.07) is 9.90. The van der Waals surface area contributed by atoms with Crippen LogP contribution in [0.15, 0.2) is 47.7 Å². The van der Waals surface area contributed by atoms with Crippen LogP contribution in [0.25, 0.3) is 0 Å². The molecule has 41 heavy (non-hydrogen) atoms. The van der Waals surface area contributed by atoms with Gasteiger partial charge in [0, 0.05) is 18.4 Å². The second kappa shape index (κ2) is 14.5. The second-order valence-corrected chi connectivity index (χ2v) is 13.8. The lowest BCUT2D eigenvalue weighted by molar-refractivity contribution is -0.129. The van der Waals surface area contributed by atoms with E-state index in [0.29, 0.717) is 11.7 Å². The lowest BCUT2D eigenvalue weighted by Gasteiger charge is -2.42. The molecule has 0 amide bonds. The van der Waals surface area contributed by atoms with Gasteiger partial charge < -0.3 is 4.74 Å². The number of methoxy groups -OCH3 is 1. The summed E-state index contributed by atoms with van der Waals surface area (Å²) in [6.45, 7) is 5.72. The van der Waals surface area contributed by atoms with Crippen molar-refractivity contribution in [2.75, 3.05) is 13.7 Å². The molecule has 2 saturated carbocycles. The first-order valence-corrected chi connectivity index (χ1v) is 17.4. The molecule has 1 aromatic carbocycles. The molecule has 3 atom stereocenters. The average Bonchev–Trinajstić information content (AvgIpc) is 3.82. The Kier molecular flexibility index (Phi) is 10.8. The molecule has 4 aliphatic rings. The van der Waals surface area contributed by atoms with Gasteiger partial charge in [-0.05, 0) is 99.8 Å². The molecule has 1 aliphatic heterocycles. The molecule has 1 aromatic rings. The van der Waals surface area contributed by atoms with Gasteiger partial charge in [0.2, 0.25) is 0 Å². The fraction of sp³-hybridized carbons (Fsp3) is 0.711. The van der Waals surface area contributed by atoms with Crippen LogP contribution in [0, 0.1) is 11.8 Å². The van der Waals surface area contributed by atoms with Crippen LogP contribution < -0.4 is 0 Å². The molecule has 0 radical (unpaired) electrons. The van der Waals surface area contributed by atoms with Crippen LogP contribution in [0.5, 0.6) is 0 Å². The van der Waals surface area contributed by atoms with Crippen molar-refractivity contribution in [3.8, 4) is 0 Å². The number of nitrogens with zero attached hydrogens (tertiary/aromatic N) is 1. The van der Waals surface area contributed by atoms with Gasteiger partial charge in [0.05, 0.1) is 18.4 Å². The zero-order chi connectivity index (χ0) is 28.7. The molecule has 3 nitrogen and oxygen atoms in total. The summed E-state index contributed by atoms with van der Waals surface area (Å²) in [5.74, 6) is 3.44. The third-order valence-corrected chi connectivity index (χ3v) is 11.1. The maximum absolute atomic E-state index is 14.6. The van der Waals surface area contributed by atoms with Crippen molar-refractivity contribution in [1.29, 1.82) is 0 Å². The number of hydrogen-bond donors (Lipinski definition) is 0. The van der Waals surface area contributed by atoms with E-state index in [1.165, 1.54) is 81.8 Å². The Balaban J connectivity index is 1.36. The molecule has 226 valence electrons. The van der Waals surface area contributed by atoms with Crippen LogP contribution in [0.4, 0.5) is 0 Å². The van der Waals surface area contributed by atoms with Crippen molar-refractivity contribution in [3.63, 3.8) is 0 Å². The van der Waals surface area contributed by atoms with Crippen molar-refractivity contribution in [1.82, 2.24) is 4.90 Å². The molecule has 3 heteroatoms. The maximum atomic E-state index is 14.6. The fourth-order valence-corrected chi connectivity index (χ4v) is 8.47. The number of carbonyl (C=O) groups is 1. The van der Waals surface area contributed by atoms with Gasteiger partial charge in [0.15, 0.2) is 5.78 Å². The summed E-state index contributed by atoms with van der Waals surface area (Å²) in [4.78, 5) is 17.4. The molecule has 0 aromatic heterocycles. The standard InChI is InChI=1S/C38H57NO2/c1-4-12-31(5-2)32-20-22-33(23-21-32)36-35(15-8-7-13-29-18-24-34(41-3)25-19-29)37(40)38(26-9-6-10-27-38)39(36)28-11-14-30-16-17-30/h18,20-24,30-31,35-36H,4-17,19,25-28H2,1-3H3. The molecular formula is C38H57NO2. The highest BCUT2D eigenvalue weighted by Gasteiger charge is 2.57. The molecule has 3 aliphatic carbocycles. The van der Waals surface area contributed by atoms with E-state index in [1.807, 2.05) is 0 Å². The molecule has 1 heterocycles.